The van der Waals surface area contributed by atoms with E-state index in [0.29, 0.717) is 12.3 Å². The minimum Gasteiger partial charge on any atom is -0.494 e. The Morgan fingerprint density at radius 1 is 1.00 bits per heavy atom. The number of nitrogens with zero attached hydrogens (tertiary/aromatic N) is 1. The van der Waals surface area contributed by atoms with E-state index in [9.17, 15) is 9.59 Å². The molecule has 1 atom stereocenters. The van der Waals surface area contributed by atoms with Crippen molar-refractivity contribution in [2.24, 2.45) is 16.8 Å². The van der Waals surface area contributed by atoms with Crippen molar-refractivity contribution in [2.75, 3.05) is 19.8 Å². The lowest BCUT2D eigenvalue weighted by molar-refractivity contribution is -0.162. The third-order valence-electron chi connectivity index (χ3n) is 3.21. The van der Waals surface area contributed by atoms with Gasteiger partial charge >= 0.3 is 11.9 Å². The molecular formula is C18H25NO5. The summed E-state index contributed by atoms with van der Waals surface area (Å²) in [5, 5.41) is 0. The molecule has 0 amide bonds. The van der Waals surface area contributed by atoms with Crippen LogP contribution in [-0.4, -0.2) is 38.0 Å². The second-order valence-corrected chi connectivity index (χ2v) is 5.05. The zero-order valence-electron chi connectivity index (χ0n) is 14.7. The fourth-order valence-corrected chi connectivity index (χ4v) is 2.07. The van der Waals surface area contributed by atoms with Gasteiger partial charge in [-0.3, -0.25) is 14.6 Å². The number of hydrogen-bond acceptors (Lipinski definition) is 6. The van der Waals surface area contributed by atoms with Crippen molar-refractivity contribution in [2.45, 2.75) is 27.7 Å². The van der Waals surface area contributed by atoms with Crippen molar-refractivity contribution in [3.8, 4) is 5.75 Å². The molecule has 132 valence electrons. The summed E-state index contributed by atoms with van der Waals surface area (Å²) in [5.74, 6) is -1.89. The highest BCUT2D eigenvalue weighted by atomic mass is 16.6. The molecule has 0 bridgehead atoms. The summed E-state index contributed by atoms with van der Waals surface area (Å²) in [6.45, 7) is 8.04. The van der Waals surface area contributed by atoms with Crippen molar-refractivity contribution >= 4 is 23.8 Å². The first-order valence-corrected chi connectivity index (χ1v) is 8.13. The van der Waals surface area contributed by atoms with Crippen molar-refractivity contribution in [1.29, 1.82) is 0 Å². The lowest BCUT2D eigenvalue weighted by Gasteiger charge is -2.17. The molecule has 1 aromatic carbocycles. The van der Waals surface area contributed by atoms with Gasteiger partial charge in [-0.2, -0.15) is 0 Å². The summed E-state index contributed by atoms with van der Waals surface area (Å²) in [6.07, 6.45) is 1.56. The van der Waals surface area contributed by atoms with Gasteiger partial charge in [-0.15, -0.1) is 0 Å². The Labute approximate surface area is 142 Å². The minimum atomic E-state index is -1.02. The quantitative estimate of drug-likeness (QED) is 0.394. The Balaban J connectivity index is 2.83. The number of carbonyl (C=O) groups is 2. The average Bonchev–Trinajstić information content (AvgIpc) is 2.55. The summed E-state index contributed by atoms with van der Waals surface area (Å²) in [5.41, 5.74) is 0.705. The van der Waals surface area contributed by atoms with E-state index in [1.54, 1.807) is 39.1 Å². The van der Waals surface area contributed by atoms with Gasteiger partial charge in [-0.05, 0) is 45.0 Å². The molecule has 1 unspecified atom stereocenters. The van der Waals surface area contributed by atoms with Crippen molar-refractivity contribution in [3.63, 3.8) is 0 Å². The average molecular weight is 335 g/mol. The number of benzene rings is 1. The molecule has 0 radical (unpaired) electrons. The summed E-state index contributed by atoms with van der Waals surface area (Å²) >= 11 is 0. The minimum absolute atomic E-state index is 0.206. The van der Waals surface area contributed by atoms with Gasteiger partial charge in [0.05, 0.1) is 25.5 Å². The molecule has 0 N–H and O–H groups in total. The topological polar surface area (TPSA) is 74.2 Å². The van der Waals surface area contributed by atoms with Crippen LogP contribution in [0.15, 0.2) is 29.3 Å². The number of carbonyl (C=O) groups excluding carboxylic acids is 2. The summed E-state index contributed by atoms with van der Waals surface area (Å²) < 4.78 is 15.3. The fourth-order valence-electron chi connectivity index (χ4n) is 2.07. The Morgan fingerprint density at radius 3 is 2.00 bits per heavy atom. The van der Waals surface area contributed by atoms with E-state index in [1.165, 1.54) is 0 Å². The highest BCUT2D eigenvalue weighted by Gasteiger charge is 2.34. The van der Waals surface area contributed by atoms with E-state index in [-0.39, 0.29) is 13.2 Å². The van der Waals surface area contributed by atoms with Gasteiger partial charge in [0.2, 0.25) is 0 Å². The highest BCUT2D eigenvalue weighted by molar-refractivity contribution is 5.98. The molecule has 0 aliphatic heterocycles. The van der Waals surface area contributed by atoms with E-state index < -0.39 is 23.8 Å². The standard InChI is InChI=1S/C18H25NO5/c1-5-22-15-10-8-14(9-11-15)19-12-13(4)16(17(20)23-6-2)18(21)24-7-3/h8-13,16H,5-7H2,1-4H3. The van der Waals surface area contributed by atoms with Crippen LogP contribution in [0.5, 0.6) is 5.75 Å². The highest BCUT2D eigenvalue weighted by Crippen LogP contribution is 2.20. The molecule has 0 saturated carbocycles. The largest absolute Gasteiger partial charge is 0.494 e. The third-order valence-corrected chi connectivity index (χ3v) is 3.21. The number of ether oxygens (including phenoxy) is 3. The van der Waals surface area contributed by atoms with Gasteiger partial charge in [0, 0.05) is 12.1 Å². The second-order valence-electron chi connectivity index (χ2n) is 5.05. The lowest BCUT2D eigenvalue weighted by Crippen LogP contribution is -2.34. The van der Waals surface area contributed by atoms with E-state index in [2.05, 4.69) is 4.99 Å². The maximum Gasteiger partial charge on any atom is 0.320 e. The first kappa shape index (κ1) is 19.7. The van der Waals surface area contributed by atoms with Crippen LogP contribution in [0.25, 0.3) is 0 Å². The third kappa shape index (κ3) is 6.02. The molecule has 0 fully saturated rings. The Bertz CT molecular complexity index is 535. The summed E-state index contributed by atoms with van der Waals surface area (Å²) in [7, 11) is 0. The number of aliphatic imine (C=N–C) groups is 1. The number of rotatable bonds is 9. The van der Waals surface area contributed by atoms with E-state index in [0.717, 1.165) is 5.75 Å². The van der Waals surface area contributed by atoms with Crippen LogP contribution in [0.4, 0.5) is 5.69 Å². The zero-order chi connectivity index (χ0) is 17.9. The molecule has 1 rings (SSSR count). The molecule has 0 aliphatic carbocycles. The molecule has 24 heavy (non-hydrogen) atoms. The first-order chi connectivity index (χ1) is 11.5. The van der Waals surface area contributed by atoms with E-state index in [1.807, 2.05) is 19.1 Å². The number of esters is 2. The van der Waals surface area contributed by atoms with Crippen molar-refractivity contribution < 1.29 is 23.8 Å². The molecule has 6 nitrogen and oxygen atoms in total. The molecule has 0 aromatic heterocycles. The van der Waals surface area contributed by atoms with Crippen molar-refractivity contribution in [1.82, 2.24) is 0 Å². The molecule has 0 spiro atoms. The molecule has 0 heterocycles. The van der Waals surface area contributed by atoms with Crippen LogP contribution in [0.3, 0.4) is 0 Å². The van der Waals surface area contributed by atoms with Gasteiger partial charge in [0.25, 0.3) is 0 Å². The van der Waals surface area contributed by atoms with E-state index >= 15 is 0 Å². The molecular weight excluding hydrogens is 310 g/mol. The Morgan fingerprint density at radius 2 is 1.54 bits per heavy atom. The number of hydrogen-bond donors (Lipinski definition) is 0. The van der Waals surface area contributed by atoms with Crippen LogP contribution < -0.4 is 4.74 Å². The summed E-state index contributed by atoms with van der Waals surface area (Å²) in [6, 6.07) is 7.24. The van der Waals surface area contributed by atoms with Crippen LogP contribution in [0.1, 0.15) is 27.7 Å². The Hall–Kier alpha value is -2.37. The van der Waals surface area contributed by atoms with Crippen LogP contribution in [0.2, 0.25) is 0 Å². The van der Waals surface area contributed by atoms with Crippen LogP contribution in [-0.2, 0) is 19.1 Å². The zero-order valence-corrected chi connectivity index (χ0v) is 14.7. The van der Waals surface area contributed by atoms with Crippen molar-refractivity contribution in [3.05, 3.63) is 24.3 Å². The fraction of sp³-hybridized carbons (Fsp3) is 0.500. The predicted molar refractivity (Wildman–Crippen MR) is 91.7 cm³/mol. The lowest BCUT2D eigenvalue weighted by atomic mass is 9.95. The summed E-state index contributed by atoms with van der Waals surface area (Å²) in [4.78, 5) is 28.4. The molecule has 1 aromatic rings. The normalized spacial score (nSPS) is 12.2. The smallest absolute Gasteiger partial charge is 0.320 e. The monoisotopic (exact) mass is 335 g/mol. The van der Waals surface area contributed by atoms with Gasteiger partial charge < -0.3 is 14.2 Å². The van der Waals surface area contributed by atoms with E-state index in [4.69, 9.17) is 14.2 Å². The maximum atomic E-state index is 12.0. The van der Waals surface area contributed by atoms with Gasteiger partial charge in [-0.1, -0.05) is 6.92 Å². The van der Waals surface area contributed by atoms with Gasteiger partial charge in [-0.25, -0.2) is 0 Å². The maximum absolute atomic E-state index is 12.0. The molecule has 6 heteroatoms. The van der Waals surface area contributed by atoms with Crippen LogP contribution >= 0.6 is 0 Å². The predicted octanol–water partition coefficient (Wildman–Crippen LogP) is 3.17. The first-order valence-electron chi connectivity index (χ1n) is 8.13. The molecule has 0 saturated heterocycles. The SMILES string of the molecule is CCOC(=O)C(C(=O)OCC)C(C)C=Nc1ccc(OCC)cc1. The Kier molecular flexibility index (Phi) is 8.54. The van der Waals surface area contributed by atoms with Gasteiger partial charge in [0.1, 0.15) is 5.75 Å². The molecule has 0 aliphatic rings. The second kappa shape index (κ2) is 10.4. The van der Waals surface area contributed by atoms with Gasteiger partial charge in [0.15, 0.2) is 5.92 Å². The van der Waals surface area contributed by atoms with Crippen LogP contribution in [0, 0.1) is 11.8 Å².